The molecule has 2 N–H and O–H groups in total. The fraction of sp³-hybridized carbons (Fsp3) is 0. The van der Waals surface area contributed by atoms with Gasteiger partial charge in [-0.2, -0.15) is 0 Å². The van der Waals surface area contributed by atoms with Crippen molar-refractivity contribution in [3.8, 4) is 5.88 Å². The van der Waals surface area contributed by atoms with E-state index in [0.29, 0.717) is 6.07 Å². The summed E-state index contributed by atoms with van der Waals surface area (Å²) in [5, 5.41) is 17.1. The van der Waals surface area contributed by atoms with Gasteiger partial charge in [-0.25, -0.2) is 14.2 Å². The van der Waals surface area contributed by atoms with Gasteiger partial charge in [0.25, 0.3) is 0 Å². The third kappa shape index (κ3) is 1.43. The van der Waals surface area contributed by atoms with E-state index in [1.807, 2.05) is 0 Å². The molecule has 11 heavy (non-hydrogen) atoms. The molecule has 1 heterocycles. The fourth-order valence-corrected chi connectivity index (χ4v) is 0.589. The van der Waals surface area contributed by atoms with E-state index in [4.69, 9.17) is 10.2 Å². The van der Waals surface area contributed by atoms with Gasteiger partial charge in [-0.1, -0.05) is 0 Å². The molecule has 0 fully saturated rings. The Balaban J connectivity index is 3.23. The zero-order chi connectivity index (χ0) is 8.43. The molecule has 58 valence electrons. The van der Waals surface area contributed by atoms with E-state index in [1.165, 1.54) is 0 Å². The summed E-state index contributed by atoms with van der Waals surface area (Å²) < 4.78 is 12.3. The topological polar surface area (TPSA) is 70.4 Å². The Morgan fingerprint density at radius 1 is 1.64 bits per heavy atom. The maximum absolute atomic E-state index is 12.3. The van der Waals surface area contributed by atoms with Crippen molar-refractivity contribution < 1.29 is 19.4 Å². The van der Waals surface area contributed by atoms with Gasteiger partial charge in [0.05, 0.1) is 6.20 Å². The summed E-state index contributed by atoms with van der Waals surface area (Å²) >= 11 is 0. The van der Waals surface area contributed by atoms with Crippen LogP contribution in [0.5, 0.6) is 5.88 Å². The van der Waals surface area contributed by atoms with Crippen LogP contribution in [0.4, 0.5) is 4.39 Å². The van der Waals surface area contributed by atoms with Crippen LogP contribution in [0.25, 0.3) is 0 Å². The molecule has 0 aliphatic rings. The van der Waals surface area contributed by atoms with E-state index in [9.17, 15) is 9.18 Å². The van der Waals surface area contributed by atoms with Gasteiger partial charge in [-0.05, 0) is 6.07 Å². The van der Waals surface area contributed by atoms with Crippen molar-refractivity contribution in [1.82, 2.24) is 4.98 Å². The highest BCUT2D eigenvalue weighted by molar-refractivity contribution is 5.89. The third-order valence-corrected chi connectivity index (χ3v) is 1.06. The maximum Gasteiger partial charge on any atom is 0.341 e. The number of hydrogen-bond donors (Lipinski definition) is 2. The monoisotopic (exact) mass is 157 g/mol. The number of aromatic hydroxyl groups is 1. The van der Waals surface area contributed by atoms with Crippen LogP contribution in [0.2, 0.25) is 0 Å². The van der Waals surface area contributed by atoms with Crippen molar-refractivity contribution in [2.75, 3.05) is 0 Å². The van der Waals surface area contributed by atoms with Crippen LogP contribution in [-0.2, 0) is 0 Å². The Hall–Kier alpha value is -1.65. The summed E-state index contributed by atoms with van der Waals surface area (Å²) in [5.41, 5.74) is -0.537. The molecule has 0 amide bonds. The number of pyridine rings is 1. The van der Waals surface area contributed by atoms with E-state index >= 15 is 0 Å². The SMILES string of the molecule is O=C(O)c1cc(F)cnc1O. The second-order valence-electron chi connectivity index (χ2n) is 1.83. The van der Waals surface area contributed by atoms with Crippen molar-refractivity contribution in [2.45, 2.75) is 0 Å². The van der Waals surface area contributed by atoms with E-state index in [0.717, 1.165) is 6.20 Å². The molecule has 0 unspecified atom stereocenters. The largest absolute Gasteiger partial charge is 0.493 e. The Bertz CT molecular complexity index is 300. The van der Waals surface area contributed by atoms with Gasteiger partial charge in [-0.3, -0.25) is 0 Å². The molecule has 0 aliphatic heterocycles. The van der Waals surface area contributed by atoms with Crippen LogP contribution in [0.3, 0.4) is 0 Å². The first-order chi connectivity index (χ1) is 5.11. The average Bonchev–Trinajstić information content (AvgIpc) is 1.94. The minimum absolute atomic E-state index is 0.537. The number of nitrogens with zero attached hydrogens (tertiary/aromatic N) is 1. The molecule has 0 atom stereocenters. The van der Waals surface area contributed by atoms with Crippen LogP contribution in [0.15, 0.2) is 12.3 Å². The second kappa shape index (κ2) is 2.53. The predicted molar refractivity (Wildman–Crippen MR) is 32.8 cm³/mol. The highest BCUT2D eigenvalue weighted by Crippen LogP contribution is 2.13. The molecule has 0 saturated heterocycles. The minimum atomic E-state index is -1.41. The normalized spacial score (nSPS) is 9.55. The average molecular weight is 157 g/mol. The quantitative estimate of drug-likeness (QED) is 0.627. The van der Waals surface area contributed by atoms with E-state index < -0.39 is 23.2 Å². The van der Waals surface area contributed by atoms with Crippen molar-refractivity contribution in [3.63, 3.8) is 0 Å². The summed E-state index contributed by atoms with van der Waals surface area (Å²) in [7, 11) is 0. The molecular weight excluding hydrogens is 153 g/mol. The maximum atomic E-state index is 12.3. The van der Waals surface area contributed by atoms with Gasteiger partial charge < -0.3 is 10.2 Å². The molecule has 0 spiro atoms. The Morgan fingerprint density at radius 2 is 2.27 bits per heavy atom. The summed E-state index contributed by atoms with van der Waals surface area (Å²) in [6, 6.07) is 0.699. The van der Waals surface area contributed by atoms with Gasteiger partial charge in [-0.15, -0.1) is 0 Å². The molecule has 0 saturated carbocycles. The molecule has 1 aromatic heterocycles. The van der Waals surface area contributed by atoms with Crippen LogP contribution >= 0.6 is 0 Å². The number of aromatic nitrogens is 1. The molecule has 5 heteroatoms. The summed E-state index contributed by atoms with van der Waals surface area (Å²) in [6.07, 6.45) is 0.738. The number of carbonyl (C=O) groups is 1. The Labute approximate surface area is 60.9 Å². The lowest BCUT2D eigenvalue weighted by atomic mass is 10.3. The lowest BCUT2D eigenvalue weighted by molar-refractivity contribution is 0.0692. The molecule has 4 nitrogen and oxygen atoms in total. The summed E-state index contributed by atoms with van der Waals surface area (Å²) in [5.74, 6) is -2.88. The minimum Gasteiger partial charge on any atom is -0.493 e. The molecule has 1 aromatic rings. The van der Waals surface area contributed by atoms with E-state index in [1.54, 1.807) is 0 Å². The zero-order valence-electron chi connectivity index (χ0n) is 5.28. The molecule has 0 bridgehead atoms. The van der Waals surface area contributed by atoms with Crippen molar-refractivity contribution in [1.29, 1.82) is 0 Å². The second-order valence-corrected chi connectivity index (χ2v) is 1.83. The Kier molecular flexibility index (Phi) is 1.72. The number of halogens is 1. The number of carboxylic acids is 1. The Morgan fingerprint density at radius 3 is 2.73 bits per heavy atom. The molecule has 0 radical (unpaired) electrons. The lowest BCUT2D eigenvalue weighted by Crippen LogP contribution is -1.98. The standard InChI is InChI=1S/C6H4FNO3/c7-3-1-4(6(10)11)5(9)8-2-3/h1-2H,(H,8,9)(H,10,11). The number of aromatic carboxylic acids is 1. The lowest BCUT2D eigenvalue weighted by Gasteiger charge is -1.95. The molecule has 0 aliphatic carbocycles. The highest BCUT2D eigenvalue weighted by Gasteiger charge is 2.10. The van der Waals surface area contributed by atoms with Crippen molar-refractivity contribution >= 4 is 5.97 Å². The number of carboxylic acid groups (broad SMARTS) is 1. The smallest absolute Gasteiger partial charge is 0.341 e. The van der Waals surface area contributed by atoms with Crippen LogP contribution in [0, 0.1) is 5.82 Å². The van der Waals surface area contributed by atoms with Gasteiger partial charge in [0.15, 0.2) is 0 Å². The first-order valence-electron chi connectivity index (χ1n) is 2.69. The number of rotatable bonds is 1. The van der Waals surface area contributed by atoms with E-state index in [2.05, 4.69) is 4.98 Å². The van der Waals surface area contributed by atoms with Gasteiger partial charge in [0.2, 0.25) is 5.88 Å². The zero-order valence-corrected chi connectivity index (χ0v) is 5.28. The highest BCUT2D eigenvalue weighted by atomic mass is 19.1. The van der Waals surface area contributed by atoms with Gasteiger partial charge in [0.1, 0.15) is 11.4 Å². The first-order valence-corrected chi connectivity index (χ1v) is 2.69. The molecule has 0 aromatic carbocycles. The van der Waals surface area contributed by atoms with Crippen molar-refractivity contribution in [2.24, 2.45) is 0 Å². The summed E-state index contributed by atoms with van der Waals surface area (Å²) in [6.45, 7) is 0. The molecular formula is C6H4FNO3. The van der Waals surface area contributed by atoms with Crippen LogP contribution in [-0.4, -0.2) is 21.2 Å². The fourth-order valence-electron chi connectivity index (χ4n) is 0.589. The summed E-state index contributed by atoms with van der Waals surface area (Å²) in [4.78, 5) is 13.3. The van der Waals surface area contributed by atoms with Crippen LogP contribution < -0.4 is 0 Å². The first kappa shape index (κ1) is 7.46. The predicted octanol–water partition coefficient (Wildman–Crippen LogP) is 0.624. The third-order valence-electron chi connectivity index (χ3n) is 1.06. The van der Waals surface area contributed by atoms with Gasteiger partial charge in [0, 0.05) is 0 Å². The van der Waals surface area contributed by atoms with Crippen LogP contribution in [0.1, 0.15) is 10.4 Å². The van der Waals surface area contributed by atoms with Crippen molar-refractivity contribution in [3.05, 3.63) is 23.6 Å². The van der Waals surface area contributed by atoms with E-state index in [-0.39, 0.29) is 0 Å². The number of hydrogen-bond acceptors (Lipinski definition) is 3. The molecule has 1 rings (SSSR count). The van der Waals surface area contributed by atoms with Gasteiger partial charge >= 0.3 is 5.97 Å².